The van der Waals surface area contributed by atoms with E-state index in [4.69, 9.17) is 4.52 Å². The van der Waals surface area contributed by atoms with E-state index in [-0.39, 0.29) is 0 Å². The van der Waals surface area contributed by atoms with Crippen molar-refractivity contribution in [1.82, 2.24) is 0 Å². The summed E-state index contributed by atoms with van der Waals surface area (Å²) in [6.07, 6.45) is 10.4. The highest BCUT2D eigenvalue weighted by atomic mass is 31.2. The molecule has 0 radical (unpaired) electrons. The fourth-order valence-corrected chi connectivity index (χ4v) is 3.66. The molecule has 98 valence electrons. The Labute approximate surface area is 102 Å². The molecule has 0 saturated heterocycles. The predicted octanol–water partition coefficient (Wildman–Crippen LogP) is 5.07. The zero-order chi connectivity index (χ0) is 12.3. The minimum Gasteiger partial charge on any atom is -0.329 e. The van der Waals surface area contributed by atoms with Crippen LogP contribution in [-0.2, 0) is 9.09 Å². The monoisotopic (exact) mass is 248 g/mol. The highest BCUT2D eigenvalue weighted by molar-refractivity contribution is 7.58. The van der Waals surface area contributed by atoms with E-state index in [9.17, 15) is 4.57 Å². The zero-order valence-electron chi connectivity index (χ0n) is 11.3. The van der Waals surface area contributed by atoms with Gasteiger partial charge >= 0.3 is 0 Å². The first-order valence-electron chi connectivity index (χ1n) is 6.91. The molecule has 0 rings (SSSR count). The van der Waals surface area contributed by atoms with Crippen LogP contribution in [-0.4, -0.2) is 18.9 Å². The lowest BCUT2D eigenvalue weighted by Crippen LogP contribution is -1.98. The fraction of sp³-hybridized carbons (Fsp3) is 1.00. The molecule has 0 spiro atoms. The molecule has 16 heavy (non-hydrogen) atoms. The van der Waals surface area contributed by atoms with Crippen LogP contribution in [0, 0.1) is 0 Å². The highest BCUT2D eigenvalue weighted by Gasteiger charge is 2.18. The van der Waals surface area contributed by atoms with Crippen LogP contribution in [0.1, 0.15) is 65.7 Å². The lowest BCUT2D eigenvalue weighted by Gasteiger charge is -2.15. The second-order valence-corrected chi connectivity index (χ2v) is 7.36. The van der Waals surface area contributed by atoms with Crippen LogP contribution in [0.3, 0.4) is 0 Å². The average Bonchev–Trinajstić information content (AvgIpc) is 2.28. The number of rotatable bonds is 11. The van der Waals surface area contributed by atoms with E-state index in [0.29, 0.717) is 12.8 Å². The fourth-order valence-electron chi connectivity index (χ4n) is 1.86. The van der Waals surface area contributed by atoms with E-state index in [1.807, 2.05) is 13.8 Å². The van der Waals surface area contributed by atoms with Crippen molar-refractivity contribution < 1.29 is 9.09 Å². The van der Waals surface area contributed by atoms with E-state index in [1.165, 1.54) is 38.5 Å². The minimum absolute atomic E-state index is 0.585. The quantitative estimate of drug-likeness (QED) is 0.377. The molecule has 0 N–H and O–H groups in total. The van der Waals surface area contributed by atoms with Crippen molar-refractivity contribution in [1.29, 1.82) is 0 Å². The third-order valence-corrected chi connectivity index (χ3v) is 5.64. The average molecular weight is 248 g/mol. The topological polar surface area (TPSA) is 26.3 Å². The molecule has 0 bridgehead atoms. The van der Waals surface area contributed by atoms with Gasteiger partial charge < -0.3 is 4.52 Å². The van der Waals surface area contributed by atoms with Gasteiger partial charge in [0.25, 0.3) is 0 Å². The molecule has 0 aliphatic carbocycles. The molecule has 0 amide bonds. The van der Waals surface area contributed by atoms with E-state index in [0.717, 1.165) is 12.6 Å². The first kappa shape index (κ1) is 16.2. The third kappa shape index (κ3) is 8.35. The minimum atomic E-state index is -2.26. The maximum absolute atomic E-state index is 12.1. The normalized spacial score (nSPS) is 14.9. The summed E-state index contributed by atoms with van der Waals surface area (Å²) in [6, 6.07) is 0. The van der Waals surface area contributed by atoms with Crippen molar-refractivity contribution in [2.24, 2.45) is 0 Å². The maximum Gasteiger partial charge on any atom is 0.202 e. The summed E-state index contributed by atoms with van der Waals surface area (Å²) in [7, 11) is -2.26. The molecule has 0 saturated carbocycles. The zero-order valence-corrected chi connectivity index (χ0v) is 12.2. The summed E-state index contributed by atoms with van der Waals surface area (Å²) in [5.74, 6) is 0. The lowest BCUT2D eigenvalue weighted by atomic mass is 10.1. The van der Waals surface area contributed by atoms with Gasteiger partial charge in [-0.05, 0) is 13.3 Å². The number of hydrogen-bond donors (Lipinski definition) is 0. The summed E-state index contributed by atoms with van der Waals surface area (Å²) in [5, 5.41) is 0. The van der Waals surface area contributed by atoms with Gasteiger partial charge in [-0.15, -0.1) is 0 Å². The summed E-state index contributed by atoms with van der Waals surface area (Å²) in [5.41, 5.74) is 0. The van der Waals surface area contributed by atoms with Gasteiger partial charge in [0.2, 0.25) is 7.37 Å². The Morgan fingerprint density at radius 1 is 0.875 bits per heavy atom. The van der Waals surface area contributed by atoms with Crippen molar-refractivity contribution in [3.05, 3.63) is 0 Å². The molecule has 1 atom stereocenters. The van der Waals surface area contributed by atoms with Crippen molar-refractivity contribution in [3.63, 3.8) is 0 Å². The summed E-state index contributed by atoms with van der Waals surface area (Å²) >= 11 is 0. The SMILES string of the molecule is CCCCCCCCCP(=O)(CC)OCC. The van der Waals surface area contributed by atoms with Crippen LogP contribution >= 0.6 is 7.37 Å². The van der Waals surface area contributed by atoms with Gasteiger partial charge in [-0.25, -0.2) is 0 Å². The van der Waals surface area contributed by atoms with E-state index in [1.54, 1.807) is 0 Å². The highest BCUT2D eigenvalue weighted by Crippen LogP contribution is 2.47. The first-order valence-corrected chi connectivity index (χ1v) is 8.90. The largest absolute Gasteiger partial charge is 0.329 e. The molecule has 2 nitrogen and oxygen atoms in total. The summed E-state index contributed by atoms with van der Waals surface area (Å²) in [4.78, 5) is 0. The van der Waals surface area contributed by atoms with Crippen molar-refractivity contribution >= 4 is 7.37 Å². The standard InChI is InChI=1S/C13H29O2P/c1-4-7-8-9-10-11-12-13-16(14,6-3)15-5-2/h4-13H2,1-3H3. The Hall–Kier alpha value is 0.190. The van der Waals surface area contributed by atoms with Gasteiger partial charge in [-0.3, -0.25) is 4.57 Å². The number of hydrogen-bond acceptors (Lipinski definition) is 2. The molecule has 0 aliphatic heterocycles. The van der Waals surface area contributed by atoms with Gasteiger partial charge in [0, 0.05) is 12.3 Å². The van der Waals surface area contributed by atoms with Crippen LogP contribution in [0.4, 0.5) is 0 Å². The van der Waals surface area contributed by atoms with Crippen LogP contribution in [0.5, 0.6) is 0 Å². The van der Waals surface area contributed by atoms with E-state index >= 15 is 0 Å². The molecule has 0 heterocycles. The van der Waals surface area contributed by atoms with Gasteiger partial charge in [0.15, 0.2) is 0 Å². The van der Waals surface area contributed by atoms with Crippen molar-refractivity contribution in [3.8, 4) is 0 Å². The summed E-state index contributed by atoms with van der Waals surface area (Å²) < 4.78 is 17.5. The summed E-state index contributed by atoms with van der Waals surface area (Å²) in [6.45, 7) is 6.71. The van der Waals surface area contributed by atoms with Crippen molar-refractivity contribution in [2.75, 3.05) is 18.9 Å². The first-order chi connectivity index (χ1) is 7.68. The molecular weight excluding hydrogens is 219 g/mol. The van der Waals surface area contributed by atoms with Gasteiger partial charge in [0.1, 0.15) is 0 Å². The number of unbranched alkanes of at least 4 members (excludes halogenated alkanes) is 6. The second-order valence-electron chi connectivity index (χ2n) is 4.39. The molecule has 1 unspecified atom stereocenters. The van der Waals surface area contributed by atoms with Crippen LogP contribution in [0.15, 0.2) is 0 Å². The van der Waals surface area contributed by atoms with Gasteiger partial charge in [-0.2, -0.15) is 0 Å². The van der Waals surface area contributed by atoms with Crippen LogP contribution < -0.4 is 0 Å². The molecule has 0 aromatic carbocycles. The van der Waals surface area contributed by atoms with Gasteiger partial charge in [-0.1, -0.05) is 52.4 Å². The Bertz CT molecular complexity index is 192. The molecule has 0 aromatic rings. The Morgan fingerprint density at radius 2 is 1.44 bits per heavy atom. The lowest BCUT2D eigenvalue weighted by molar-refractivity contribution is 0.332. The van der Waals surface area contributed by atoms with E-state index in [2.05, 4.69) is 6.92 Å². The van der Waals surface area contributed by atoms with E-state index < -0.39 is 7.37 Å². The third-order valence-electron chi connectivity index (χ3n) is 2.95. The van der Waals surface area contributed by atoms with Crippen LogP contribution in [0.25, 0.3) is 0 Å². The molecule has 0 fully saturated rings. The van der Waals surface area contributed by atoms with Gasteiger partial charge in [0.05, 0.1) is 6.61 Å². The molecule has 3 heteroatoms. The van der Waals surface area contributed by atoms with Crippen LogP contribution in [0.2, 0.25) is 0 Å². The molecule has 0 aromatic heterocycles. The maximum atomic E-state index is 12.1. The molecular formula is C13H29O2P. The Kier molecular flexibility index (Phi) is 10.5. The smallest absolute Gasteiger partial charge is 0.202 e. The second kappa shape index (κ2) is 10.4. The Morgan fingerprint density at radius 3 is 1.94 bits per heavy atom. The molecule has 0 aliphatic rings. The van der Waals surface area contributed by atoms with Crippen molar-refractivity contribution in [2.45, 2.75) is 65.7 Å². The predicted molar refractivity (Wildman–Crippen MR) is 72.6 cm³/mol. The Balaban J connectivity index is 3.45.